The molecule has 4 aromatic heterocycles. The van der Waals surface area contributed by atoms with E-state index in [2.05, 4.69) is 20.6 Å². The molecule has 0 fully saturated rings. The Bertz CT molecular complexity index is 917. The summed E-state index contributed by atoms with van der Waals surface area (Å²) in [4.78, 5) is 7.99. The highest BCUT2D eigenvalue weighted by Gasteiger charge is 2.06. The van der Waals surface area contributed by atoms with Gasteiger partial charge >= 0.3 is 0 Å². The molecule has 0 atom stereocenters. The van der Waals surface area contributed by atoms with Crippen LogP contribution in [0.1, 0.15) is 23.0 Å². The first-order valence-electron chi connectivity index (χ1n) is 9.36. The Morgan fingerprint density at radius 1 is 0.586 bits per heavy atom. The third-order valence-electron chi connectivity index (χ3n) is 4.22. The summed E-state index contributed by atoms with van der Waals surface area (Å²) in [6.45, 7) is 1.99. The lowest BCUT2D eigenvalue weighted by atomic mass is 10.3. The van der Waals surface area contributed by atoms with Crippen LogP contribution in [-0.2, 0) is 31.0 Å². The van der Waals surface area contributed by atoms with Crippen LogP contribution in [0.25, 0.3) is 0 Å². The summed E-state index contributed by atoms with van der Waals surface area (Å²) < 4.78 is 17.3. The monoisotopic (exact) mass is 390 g/mol. The second kappa shape index (κ2) is 9.57. The first-order valence-corrected chi connectivity index (χ1v) is 9.36. The highest BCUT2D eigenvalue weighted by Crippen LogP contribution is 2.15. The molecule has 0 aliphatic heterocycles. The summed E-state index contributed by atoms with van der Waals surface area (Å²) in [5.41, 5.74) is 2.00. The third kappa shape index (κ3) is 5.70. The van der Waals surface area contributed by atoms with Gasteiger partial charge in [-0.2, -0.15) is 0 Å². The van der Waals surface area contributed by atoms with E-state index < -0.39 is 0 Å². The zero-order chi connectivity index (χ0) is 19.7. The average molecular weight is 390 g/mol. The highest BCUT2D eigenvalue weighted by molar-refractivity contribution is 5.41. The Labute approximate surface area is 168 Å². The molecule has 0 radical (unpaired) electrons. The molecule has 4 aromatic rings. The van der Waals surface area contributed by atoms with E-state index in [0.717, 1.165) is 34.4 Å². The van der Waals surface area contributed by atoms with Crippen LogP contribution in [0.15, 0.2) is 82.2 Å². The van der Waals surface area contributed by atoms with E-state index in [9.17, 15) is 0 Å². The molecular formula is C22H22N4O3. The number of ether oxygens (including phenoxy) is 1. The highest BCUT2D eigenvalue weighted by atomic mass is 16.5. The van der Waals surface area contributed by atoms with Crippen molar-refractivity contribution in [2.24, 2.45) is 0 Å². The van der Waals surface area contributed by atoms with Crippen LogP contribution < -0.4 is 10.6 Å². The number of pyridine rings is 2. The van der Waals surface area contributed by atoms with Gasteiger partial charge in [-0.15, -0.1) is 0 Å². The van der Waals surface area contributed by atoms with Crippen LogP contribution in [0.2, 0.25) is 0 Å². The van der Waals surface area contributed by atoms with Crippen molar-refractivity contribution in [3.63, 3.8) is 0 Å². The van der Waals surface area contributed by atoms with Crippen LogP contribution in [0.5, 0.6) is 0 Å². The van der Waals surface area contributed by atoms with Gasteiger partial charge in [0.15, 0.2) is 0 Å². The molecule has 7 heteroatoms. The minimum absolute atomic E-state index is 0.389. The molecule has 4 heterocycles. The molecule has 0 aliphatic rings. The number of nitrogens with zero attached hydrogens (tertiary/aromatic N) is 2. The normalized spacial score (nSPS) is 10.8. The lowest BCUT2D eigenvalue weighted by Crippen LogP contribution is -1.98. The van der Waals surface area contributed by atoms with E-state index in [-0.39, 0.29) is 0 Å². The molecule has 0 aromatic carbocycles. The molecule has 29 heavy (non-hydrogen) atoms. The van der Waals surface area contributed by atoms with Gasteiger partial charge in [-0.05, 0) is 48.5 Å². The summed E-state index contributed by atoms with van der Waals surface area (Å²) in [6.07, 6.45) is 7.00. The van der Waals surface area contributed by atoms with Crippen molar-refractivity contribution in [3.05, 3.63) is 96.4 Å². The van der Waals surface area contributed by atoms with Gasteiger partial charge < -0.3 is 24.2 Å². The smallest absolute Gasteiger partial charge is 0.129 e. The van der Waals surface area contributed by atoms with Crippen LogP contribution in [0.4, 0.5) is 11.4 Å². The van der Waals surface area contributed by atoms with Gasteiger partial charge in [0.05, 0.1) is 13.1 Å². The number of furan rings is 2. The number of aromatic nitrogens is 2. The van der Waals surface area contributed by atoms with Crippen molar-refractivity contribution < 1.29 is 13.6 Å². The minimum atomic E-state index is 0.389. The van der Waals surface area contributed by atoms with E-state index >= 15 is 0 Å². The maximum Gasteiger partial charge on any atom is 0.129 e. The van der Waals surface area contributed by atoms with Gasteiger partial charge in [0.2, 0.25) is 0 Å². The average Bonchev–Trinajstić information content (AvgIpc) is 3.42. The summed E-state index contributed by atoms with van der Waals surface area (Å²) in [5, 5.41) is 6.57. The molecule has 4 rings (SSSR count). The van der Waals surface area contributed by atoms with Gasteiger partial charge in [0, 0.05) is 36.2 Å². The fourth-order valence-corrected chi connectivity index (χ4v) is 2.76. The summed E-state index contributed by atoms with van der Waals surface area (Å²) in [6, 6.07) is 15.4. The van der Waals surface area contributed by atoms with Crippen molar-refractivity contribution in [1.82, 2.24) is 9.97 Å². The van der Waals surface area contributed by atoms with Gasteiger partial charge in [0.25, 0.3) is 0 Å². The second-order valence-electron chi connectivity index (χ2n) is 6.41. The molecular weight excluding hydrogens is 368 g/mol. The van der Waals surface area contributed by atoms with Crippen molar-refractivity contribution in [3.8, 4) is 0 Å². The topological polar surface area (TPSA) is 85.4 Å². The molecule has 0 spiro atoms. The number of anilines is 2. The summed E-state index contributed by atoms with van der Waals surface area (Å²) >= 11 is 0. The molecule has 7 nitrogen and oxygen atoms in total. The zero-order valence-corrected chi connectivity index (χ0v) is 15.9. The Balaban J connectivity index is 1.19. The summed E-state index contributed by atoms with van der Waals surface area (Å²) in [5.74, 6) is 3.26. The lowest BCUT2D eigenvalue weighted by molar-refractivity contribution is 0.0790. The fraction of sp³-hybridized carbons (Fsp3) is 0.182. The largest absolute Gasteiger partial charge is 0.462 e. The Hall–Kier alpha value is -3.58. The van der Waals surface area contributed by atoms with Gasteiger partial charge in [-0.3, -0.25) is 9.97 Å². The first-order chi connectivity index (χ1) is 14.3. The molecule has 0 saturated heterocycles. The maximum atomic E-state index is 5.79. The van der Waals surface area contributed by atoms with E-state index in [1.807, 2.05) is 48.5 Å². The molecule has 148 valence electrons. The van der Waals surface area contributed by atoms with Gasteiger partial charge in [-0.25, -0.2) is 0 Å². The molecule has 0 unspecified atom stereocenters. The van der Waals surface area contributed by atoms with Gasteiger partial charge in [0.1, 0.15) is 36.3 Å². The predicted octanol–water partition coefficient (Wildman–Crippen LogP) is 4.60. The molecule has 0 bridgehead atoms. The number of rotatable bonds is 10. The number of hydrogen-bond acceptors (Lipinski definition) is 7. The van der Waals surface area contributed by atoms with Crippen molar-refractivity contribution in [2.45, 2.75) is 26.3 Å². The zero-order valence-electron chi connectivity index (χ0n) is 15.9. The summed E-state index contributed by atoms with van der Waals surface area (Å²) in [7, 11) is 0. The fourth-order valence-electron chi connectivity index (χ4n) is 2.76. The third-order valence-corrected chi connectivity index (χ3v) is 4.22. The van der Waals surface area contributed by atoms with Crippen molar-refractivity contribution in [2.75, 3.05) is 10.6 Å². The lowest BCUT2D eigenvalue weighted by Gasteiger charge is -2.04. The Kier molecular flexibility index (Phi) is 6.19. The van der Waals surface area contributed by atoms with Crippen LogP contribution in [0.3, 0.4) is 0 Å². The Morgan fingerprint density at radius 3 is 1.45 bits per heavy atom. The molecule has 2 N–H and O–H groups in total. The van der Waals surface area contributed by atoms with E-state index in [1.165, 1.54) is 0 Å². The molecule has 0 amide bonds. The molecule has 0 aliphatic carbocycles. The molecule has 0 saturated carbocycles. The number of hydrogen-bond donors (Lipinski definition) is 2. The van der Waals surface area contributed by atoms with Crippen LogP contribution in [-0.4, -0.2) is 9.97 Å². The van der Waals surface area contributed by atoms with E-state index in [0.29, 0.717) is 26.3 Å². The van der Waals surface area contributed by atoms with Crippen molar-refractivity contribution in [1.29, 1.82) is 0 Å². The Morgan fingerprint density at radius 2 is 1.00 bits per heavy atom. The maximum absolute atomic E-state index is 5.79. The minimum Gasteiger partial charge on any atom is -0.462 e. The number of nitrogens with one attached hydrogen (secondary N) is 2. The quantitative estimate of drug-likeness (QED) is 0.409. The predicted molar refractivity (Wildman–Crippen MR) is 109 cm³/mol. The van der Waals surface area contributed by atoms with Gasteiger partial charge in [-0.1, -0.05) is 0 Å². The first kappa shape index (κ1) is 18.8. The SMILES string of the molecule is c1cc(NCc2ccc(COCc3ccc(CNc4ccncc4)o3)o2)ccn1. The van der Waals surface area contributed by atoms with E-state index in [1.54, 1.807) is 24.8 Å². The van der Waals surface area contributed by atoms with E-state index in [4.69, 9.17) is 13.6 Å². The standard InChI is InChI=1S/C22H22N4O3/c1-3-21(28-19(1)13-25-17-5-9-23-10-6-17)15-27-16-22-4-2-20(29-22)14-26-18-7-11-24-12-8-18/h1-12H,13-16H2,(H,23,25)(H,24,26). The van der Waals surface area contributed by atoms with Crippen LogP contribution >= 0.6 is 0 Å². The van der Waals surface area contributed by atoms with Crippen molar-refractivity contribution >= 4 is 11.4 Å². The van der Waals surface area contributed by atoms with Crippen LogP contribution in [0, 0.1) is 0 Å². The second-order valence-corrected chi connectivity index (χ2v) is 6.41.